The van der Waals surface area contributed by atoms with E-state index in [0.717, 1.165) is 77.6 Å². The van der Waals surface area contributed by atoms with E-state index in [1.807, 2.05) is 30.3 Å². The van der Waals surface area contributed by atoms with Crippen LogP contribution in [0.5, 0.6) is 0 Å². The maximum absolute atomic E-state index is 6.97. The number of benzene rings is 9. The van der Waals surface area contributed by atoms with Crippen molar-refractivity contribution in [2.75, 3.05) is 4.90 Å². The van der Waals surface area contributed by atoms with Crippen LogP contribution in [0.3, 0.4) is 0 Å². The van der Waals surface area contributed by atoms with E-state index in [9.17, 15) is 0 Å². The highest BCUT2D eigenvalue weighted by atomic mass is 16.3. The molecule has 4 nitrogen and oxygen atoms in total. The van der Waals surface area contributed by atoms with Crippen molar-refractivity contribution in [2.24, 2.45) is 0 Å². The summed E-state index contributed by atoms with van der Waals surface area (Å²) in [7, 11) is 0. The first-order valence-electron chi connectivity index (χ1n) is 18.5. The Morgan fingerprint density at radius 3 is 1.76 bits per heavy atom. The van der Waals surface area contributed by atoms with Crippen LogP contribution in [0.2, 0.25) is 0 Å². The summed E-state index contributed by atoms with van der Waals surface area (Å²) in [5, 5.41) is 6.78. The number of nitrogens with zero attached hydrogens (tertiary/aromatic N) is 2. The summed E-state index contributed by atoms with van der Waals surface area (Å²) in [6, 6.07) is 68.3. The molecule has 4 heteroatoms. The first kappa shape index (κ1) is 31.1. The lowest BCUT2D eigenvalue weighted by Crippen LogP contribution is -2.11. The van der Waals surface area contributed by atoms with Crippen LogP contribution in [-0.4, -0.2) is 4.98 Å². The average molecular weight is 705 g/mol. The zero-order chi connectivity index (χ0) is 36.3. The maximum atomic E-state index is 6.97. The van der Waals surface area contributed by atoms with Crippen LogP contribution in [0, 0.1) is 0 Å². The van der Waals surface area contributed by atoms with Gasteiger partial charge in [-0.15, -0.1) is 0 Å². The fraction of sp³-hybridized carbons (Fsp3) is 0. The van der Waals surface area contributed by atoms with E-state index < -0.39 is 0 Å². The molecular formula is C51H32N2O2. The number of anilines is 3. The lowest BCUT2D eigenvalue weighted by Gasteiger charge is -2.27. The van der Waals surface area contributed by atoms with Crippen molar-refractivity contribution >= 4 is 71.6 Å². The predicted molar refractivity (Wildman–Crippen MR) is 227 cm³/mol. The summed E-state index contributed by atoms with van der Waals surface area (Å²) >= 11 is 0. The molecule has 0 bridgehead atoms. The molecule has 55 heavy (non-hydrogen) atoms. The molecule has 9 aromatic carbocycles. The van der Waals surface area contributed by atoms with Crippen LogP contribution in [0.15, 0.2) is 203 Å². The second kappa shape index (κ2) is 12.6. The molecule has 0 fully saturated rings. The molecule has 0 unspecified atom stereocenters. The number of hydrogen-bond acceptors (Lipinski definition) is 4. The molecule has 2 heterocycles. The maximum Gasteiger partial charge on any atom is 0.227 e. The third kappa shape index (κ3) is 5.34. The van der Waals surface area contributed by atoms with Gasteiger partial charge in [0.05, 0.1) is 5.69 Å². The molecule has 0 saturated carbocycles. The highest BCUT2D eigenvalue weighted by Gasteiger charge is 2.23. The fourth-order valence-electron chi connectivity index (χ4n) is 7.92. The van der Waals surface area contributed by atoms with Gasteiger partial charge in [0.2, 0.25) is 5.89 Å². The van der Waals surface area contributed by atoms with Gasteiger partial charge in [0.15, 0.2) is 11.2 Å². The van der Waals surface area contributed by atoms with Crippen molar-refractivity contribution in [3.05, 3.63) is 194 Å². The Balaban J connectivity index is 1.11. The average Bonchev–Trinajstić information content (AvgIpc) is 3.86. The van der Waals surface area contributed by atoms with E-state index in [1.54, 1.807) is 0 Å². The van der Waals surface area contributed by atoms with Crippen LogP contribution in [0.4, 0.5) is 17.1 Å². The van der Waals surface area contributed by atoms with Crippen LogP contribution >= 0.6 is 0 Å². The van der Waals surface area contributed by atoms with Crippen molar-refractivity contribution in [1.82, 2.24) is 4.98 Å². The summed E-state index contributed by atoms with van der Waals surface area (Å²) in [4.78, 5) is 7.11. The van der Waals surface area contributed by atoms with Gasteiger partial charge in [-0.25, -0.2) is 4.98 Å². The van der Waals surface area contributed by atoms with Gasteiger partial charge in [-0.05, 0) is 105 Å². The quantitative estimate of drug-likeness (QED) is 0.173. The Labute approximate surface area is 317 Å². The van der Waals surface area contributed by atoms with Gasteiger partial charge in [-0.3, -0.25) is 0 Å². The zero-order valence-electron chi connectivity index (χ0n) is 29.7. The van der Waals surface area contributed by atoms with E-state index in [2.05, 4.69) is 169 Å². The number of furan rings is 1. The monoisotopic (exact) mass is 704 g/mol. The molecule has 0 amide bonds. The van der Waals surface area contributed by atoms with Gasteiger partial charge in [0.25, 0.3) is 0 Å². The van der Waals surface area contributed by atoms with E-state index in [1.165, 1.54) is 21.9 Å². The van der Waals surface area contributed by atoms with Gasteiger partial charge < -0.3 is 13.7 Å². The summed E-state index contributed by atoms with van der Waals surface area (Å²) in [5.74, 6) is 0.570. The van der Waals surface area contributed by atoms with E-state index in [-0.39, 0.29) is 0 Å². The largest absolute Gasteiger partial charge is 0.454 e. The minimum Gasteiger partial charge on any atom is -0.454 e. The molecule has 0 aliphatic rings. The predicted octanol–water partition coefficient (Wildman–Crippen LogP) is 14.5. The van der Waals surface area contributed by atoms with Crippen molar-refractivity contribution in [3.63, 3.8) is 0 Å². The SMILES string of the molecule is c1ccc(-c2ccc(N(c3ccc(-c4ccc5ccccc5c4)cc3)c3c4ccccc4cc4c3oc3cc(-c5nc6ccccc6o5)ccc34)cc2)cc1. The minimum absolute atomic E-state index is 0.570. The summed E-state index contributed by atoms with van der Waals surface area (Å²) < 4.78 is 13.1. The first-order chi connectivity index (χ1) is 27.2. The fourth-order valence-corrected chi connectivity index (χ4v) is 7.92. The molecule has 0 atom stereocenters. The second-order valence-corrected chi connectivity index (χ2v) is 14.0. The Kier molecular flexibility index (Phi) is 7.14. The number of para-hydroxylation sites is 2. The standard InChI is InChI=1S/C51H32N2O2/c1-2-10-33(11-3-1)35-20-25-41(26-21-35)53(42-27-22-36(23-28-42)38-19-18-34-12-4-5-13-37(34)30-38)49-43-15-7-6-14-39(43)31-45-44-29-24-40(32-48(44)54-50(45)49)51-52-46-16-8-9-17-47(46)55-51/h1-32H. The van der Waals surface area contributed by atoms with Crippen molar-refractivity contribution in [2.45, 2.75) is 0 Å². The normalized spacial score (nSPS) is 11.6. The summed E-state index contributed by atoms with van der Waals surface area (Å²) in [6.45, 7) is 0. The van der Waals surface area contributed by atoms with Gasteiger partial charge in [-0.1, -0.05) is 127 Å². The molecular weight excluding hydrogens is 673 g/mol. The molecule has 0 N–H and O–H groups in total. The molecule has 0 aliphatic heterocycles. The number of hydrogen-bond donors (Lipinski definition) is 0. The van der Waals surface area contributed by atoms with Crippen molar-refractivity contribution in [1.29, 1.82) is 0 Å². The van der Waals surface area contributed by atoms with Crippen LogP contribution in [0.1, 0.15) is 0 Å². The lowest BCUT2D eigenvalue weighted by atomic mass is 9.99. The van der Waals surface area contributed by atoms with Gasteiger partial charge in [0, 0.05) is 33.1 Å². The summed E-state index contributed by atoms with van der Waals surface area (Å²) in [5.41, 5.74) is 11.8. The highest BCUT2D eigenvalue weighted by Crippen LogP contribution is 2.47. The lowest BCUT2D eigenvalue weighted by molar-refractivity contribution is 0.619. The third-order valence-corrected chi connectivity index (χ3v) is 10.7. The van der Waals surface area contributed by atoms with Crippen LogP contribution in [-0.2, 0) is 0 Å². The number of oxazole rings is 1. The number of aromatic nitrogens is 1. The Morgan fingerprint density at radius 1 is 0.364 bits per heavy atom. The molecule has 0 spiro atoms. The molecule has 258 valence electrons. The van der Waals surface area contributed by atoms with E-state index in [0.29, 0.717) is 5.89 Å². The first-order valence-corrected chi connectivity index (χ1v) is 18.5. The van der Waals surface area contributed by atoms with Gasteiger partial charge >= 0.3 is 0 Å². The molecule has 11 aromatic rings. The molecule has 2 aromatic heterocycles. The Morgan fingerprint density at radius 2 is 0.982 bits per heavy atom. The highest BCUT2D eigenvalue weighted by molar-refractivity contribution is 6.19. The van der Waals surface area contributed by atoms with E-state index in [4.69, 9.17) is 13.8 Å². The Bertz CT molecular complexity index is 3160. The van der Waals surface area contributed by atoms with Gasteiger partial charge in [0.1, 0.15) is 11.1 Å². The number of rotatable bonds is 6. The van der Waals surface area contributed by atoms with Crippen LogP contribution in [0.25, 0.3) is 88.3 Å². The second-order valence-electron chi connectivity index (χ2n) is 14.0. The topological polar surface area (TPSA) is 42.4 Å². The molecule has 0 saturated heterocycles. The minimum atomic E-state index is 0.570. The summed E-state index contributed by atoms with van der Waals surface area (Å²) in [6.07, 6.45) is 0. The van der Waals surface area contributed by atoms with Crippen molar-refractivity contribution < 1.29 is 8.83 Å². The van der Waals surface area contributed by atoms with E-state index >= 15 is 0 Å². The molecule has 0 radical (unpaired) electrons. The third-order valence-electron chi connectivity index (χ3n) is 10.7. The smallest absolute Gasteiger partial charge is 0.227 e. The molecule has 0 aliphatic carbocycles. The van der Waals surface area contributed by atoms with Crippen LogP contribution < -0.4 is 4.90 Å². The molecule has 11 rings (SSSR count). The number of fused-ring (bicyclic) bond motifs is 6. The zero-order valence-corrected chi connectivity index (χ0v) is 29.7. The Hall–Kier alpha value is -7.43. The van der Waals surface area contributed by atoms with Crippen molar-refractivity contribution in [3.8, 4) is 33.7 Å². The van der Waals surface area contributed by atoms with Gasteiger partial charge in [-0.2, -0.15) is 0 Å².